The number of carbonyl (C=O) groups excluding carboxylic acids is 1. The molecule has 1 saturated heterocycles. The van der Waals surface area contributed by atoms with Crippen LogP contribution in [0.1, 0.15) is 42.5 Å². The van der Waals surface area contributed by atoms with Gasteiger partial charge in [-0.25, -0.2) is 4.98 Å². The highest BCUT2D eigenvalue weighted by atomic mass is 79.9. The Morgan fingerprint density at radius 3 is 2.90 bits per heavy atom. The van der Waals surface area contributed by atoms with Gasteiger partial charge in [-0.2, -0.15) is 0 Å². The summed E-state index contributed by atoms with van der Waals surface area (Å²) in [5.41, 5.74) is 0.575. The van der Waals surface area contributed by atoms with Crippen LogP contribution >= 0.6 is 15.9 Å². The maximum absolute atomic E-state index is 10.8. The van der Waals surface area contributed by atoms with Crippen LogP contribution in [0.5, 0.6) is 5.88 Å². The van der Waals surface area contributed by atoms with Crippen LogP contribution in [0.15, 0.2) is 16.7 Å². The first-order chi connectivity index (χ1) is 10.2. The third kappa shape index (κ3) is 5.40. The lowest BCUT2D eigenvalue weighted by atomic mass is 9.92. The molecule has 0 saturated carbocycles. The summed E-state index contributed by atoms with van der Waals surface area (Å²) in [6.45, 7) is 3.14. The highest BCUT2D eigenvalue weighted by Crippen LogP contribution is 2.22. The van der Waals surface area contributed by atoms with E-state index in [0.717, 1.165) is 18.6 Å². The van der Waals surface area contributed by atoms with Crippen molar-refractivity contribution in [2.45, 2.75) is 32.1 Å². The molecule has 0 atom stereocenters. The van der Waals surface area contributed by atoms with E-state index in [1.54, 1.807) is 12.3 Å². The summed E-state index contributed by atoms with van der Waals surface area (Å²) >= 11 is 3.28. The van der Waals surface area contributed by atoms with Crippen LogP contribution in [-0.4, -0.2) is 42.9 Å². The molecule has 1 fully saturated rings. The molecule has 0 unspecified atom stereocenters. The van der Waals surface area contributed by atoms with E-state index in [4.69, 9.17) is 4.74 Å². The summed E-state index contributed by atoms with van der Waals surface area (Å²) in [5, 5.41) is 0. The summed E-state index contributed by atoms with van der Waals surface area (Å²) in [7, 11) is 2.20. The molecule has 2 rings (SSSR count). The van der Waals surface area contributed by atoms with Gasteiger partial charge >= 0.3 is 0 Å². The molecule has 1 aromatic rings. The quantitative estimate of drug-likeness (QED) is 0.554. The average Bonchev–Trinajstić information content (AvgIpc) is 2.50. The lowest BCUT2D eigenvalue weighted by Gasteiger charge is -2.28. The number of pyridine rings is 1. The van der Waals surface area contributed by atoms with Crippen LogP contribution in [0.3, 0.4) is 0 Å². The minimum atomic E-state index is 0.527. The topological polar surface area (TPSA) is 42.4 Å². The lowest BCUT2D eigenvalue weighted by Crippen LogP contribution is -2.30. The van der Waals surface area contributed by atoms with Crippen molar-refractivity contribution >= 4 is 22.2 Å². The Bertz CT molecular complexity index is 460. The van der Waals surface area contributed by atoms with Crippen molar-refractivity contribution in [3.63, 3.8) is 0 Å². The number of halogens is 1. The number of rotatable bonds is 7. The van der Waals surface area contributed by atoms with E-state index in [2.05, 4.69) is 32.9 Å². The molecule has 0 amide bonds. The number of carbonyl (C=O) groups is 1. The number of aldehydes is 1. The molecule has 1 aliphatic heterocycles. The molecular weight excluding hydrogens is 332 g/mol. The minimum Gasteiger partial charge on any atom is -0.478 e. The first-order valence-corrected chi connectivity index (χ1v) is 8.40. The third-order valence-corrected chi connectivity index (χ3v) is 4.74. The van der Waals surface area contributed by atoms with Crippen molar-refractivity contribution in [3.8, 4) is 5.88 Å². The van der Waals surface area contributed by atoms with Gasteiger partial charge in [0.15, 0.2) is 6.29 Å². The highest BCUT2D eigenvalue weighted by Gasteiger charge is 2.15. The molecular formula is C16H23BrN2O2. The molecule has 4 nitrogen and oxygen atoms in total. The zero-order valence-corrected chi connectivity index (χ0v) is 14.1. The summed E-state index contributed by atoms with van der Waals surface area (Å²) in [6, 6.07) is 1.67. The zero-order valence-electron chi connectivity index (χ0n) is 12.6. The van der Waals surface area contributed by atoms with E-state index in [0.29, 0.717) is 22.5 Å². The third-order valence-electron chi connectivity index (χ3n) is 4.08. The first kappa shape index (κ1) is 16.4. The predicted molar refractivity (Wildman–Crippen MR) is 86.9 cm³/mol. The molecule has 0 aromatic carbocycles. The van der Waals surface area contributed by atoms with Crippen molar-refractivity contribution < 1.29 is 9.53 Å². The minimum absolute atomic E-state index is 0.527. The second kappa shape index (κ2) is 8.49. The van der Waals surface area contributed by atoms with Gasteiger partial charge in [0.2, 0.25) is 5.88 Å². The van der Waals surface area contributed by atoms with E-state index >= 15 is 0 Å². The van der Waals surface area contributed by atoms with E-state index in [1.165, 1.54) is 38.8 Å². The van der Waals surface area contributed by atoms with Crippen molar-refractivity contribution in [2.24, 2.45) is 5.92 Å². The van der Waals surface area contributed by atoms with Crippen molar-refractivity contribution in [1.29, 1.82) is 0 Å². The maximum Gasteiger partial charge on any atom is 0.213 e. The fraction of sp³-hybridized carbons (Fsp3) is 0.625. The SMILES string of the molecule is CN1CCC(CCCCOc2cc(C=O)c(Br)cn2)CC1. The first-order valence-electron chi connectivity index (χ1n) is 7.61. The Morgan fingerprint density at radius 1 is 1.43 bits per heavy atom. The Morgan fingerprint density at radius 2 is 2.19 bits per heavy atom. The Hall–Kier alpha value is -0.940. The Labute approximate surface area is 135 Å². The number of hydrogen-bond donors (Lipinski definition) is 0. The van der Waals surface area contributed by atoms with Crippen LogP contribution in [-0.2, 0) is 0 Å². The van der Waals surface area contributed by atoms with E-state index in [9.17, 15) is 4.79 Å². The van der Waals surface area contributed by atoms with Gasteiger partial charge in [-0.15, -0.1) is 0 Å². The van der Waals surface area contributed by atoms with Crippen LogP contribution in [0.2, 0.25) is 0 Å². The van der Waals surface area contributed by atoms with Crippen molar-refractivity contribution in [1.82, 2.24) is 9.88 Å². The van der Waals surface area contributed by atoms with Crippen molar-refractivity contribution in [2.75, 3.05) is 26.7 Å². The molecule has 0 bridgehead atoms. The summed E-state index contributed by atoms with van der Waals surface area (Å²) in [4.78, 5) is 17.4. The number of piperidine rings is 1. The van der Waals surface area contributed by atoms with Gasteiger partial charge in [0.05, 0.1) is 6.61 Å². The summed E-state index contributed by atoms with van der Waals surface area (Å²) in [6.07, 6.45) is 8.61. The maximum atomic E-state index is 10.8. The highest BCUT2D eigenvalue weighted by molar-refractivity contribution is 9.10. The number of likely N-dealkylation sites (tertiary alicyclic amines) is 1. The van der Waals surface area contributed by atoms with Gasteiger partial charge < -0.3 is 9.64 Å². The fourth-order valence-electron chi connectivity index (χ4n) is 2.67. The molecule has 116 valence electrons. The second-order valence-corrected chi connectivity index (χ2v) is 6.61. The molecule has 0 radical (unpaired) electrons. The molecule has 1 aromatic heterocycles. The smallest absolute Gasteiger partial charge is 0.213 e. The van der Waals surface area contributed by atoms with Crippen LogP contribution in [0, 0.1) is 5.92 Å². The number of hydrogen-bond acceptors (Lipinski definition) is 4. The monoisotopic (exact) mass is 354 g/mol. The van der Waals surface area contributed by atoms with E-state index < -0.39 is 0 Å². The fourth-order valence-corrected chi connectivity index (χ4v) is 2.98. The largest absolute Gasteiger partial charge is 0.478 e. The van der Waals surface area contributed by atoms with E-state index in [1.807, 2.05) is 0 Å². The predicted octanol–water partition coefficient (Wildman–Crippen LogP) is 3.55. The average molecular weight is 355 g/mol. The molecule has 2 heterocycles. The molecule has 0 aliphatic carbocycles. The van der Waals surface area contributed by atoms with Gasteiger partial charge in [-0.05, 0) is 67.7 Å². The Balaban J connectivity index is 1.62. The normalized spacial score (nSPS) is 16.9. The number of ether oxygens (including phenoxy) is 1. The van der Waals surface area contributed by atoms with Crippen LogP contribution in [0.25, 0.3) is 0 Å². The van der Waals surface area contributed by atoms with Gasteiger partial charge in [-0.1, -0.05) is 6.42 Å². The Kier molecular flexibility index (Phi) is 6.64. The van der Waals surface area contributed by atoms with E-state index in [-0.39, 0.29) is 0 Å². The number of nitrogens with zero attached hydrogens (tertiary/aromatic N) is 2. The van der Waals surface area contributed by atoms with Crippen LogP contribution < -0.4 is 4.74 Å². The second-order valence-electron chi connectivity index (χ2n) is 5.75. The molecule has 0 N–H and O–H groups in total. The zero-order chi connectivity index (χ0) is 15.1. The standard InChI is InChI=1S/C16H23BrN2O2/c1-19-7-5-13(6-8-19)4-2-3-9-21-16-10-14(12-20)15(17)11-18-16/h10-13H,2-9H2,1H3. The summed E-state index contributed by atoms with van der Waals surface area (Å²) < 4.78 is 6.31. The molecule has 1 aliphatic rings. The van der Waals surface area contributed by atoms with Gasteiger partial charge in [0.1, 0.15) is 0 Å². The van der Waals surface area contributed by atoms with Gasteiger partial charge in [-0.3, -0.25) is 4.79 Å². The molecule has 21 heavy (non-hydrogen) atoms. The van der Waals surface area contributed by atoms with Crippen LogP contribution in [0.4, 0.5) is 0 Å². The number of aromatic nitrogens is 1. The van der Waals surface area contributed by atoms with Gasteiger partial charge in [0.25, 0.3) is 0 Å². The lowest BCUT2D eigenvalue weighted by molar-refractivity contribution is 0.112. The van der Waals surface area contributed by atoms with Crippen molar-refractivity contribution in [3.05, 3.63) is 22.3 Å². The number of unbranched alkanes of at least 4 members (excludes halogenated alkanes) is 1. The summed E-state index contributed by atoms with van der Waals surface area (Å²) in [5.74, 6) is 1.41. The molecule has 0 spiro atoms. The van der Waals surface area contributed by atoms with Gasteiger partial charge in [0, 0.05) is 22.3 Å². The molecule has 5 heteroatoms.